The highest BCUT2D eigenvalue weighted by Gasteiger charge is 2.34. The Morgan fingerprint density at radius 1 is 1.50 bits per heavy atom. The number of nitrogens with zero attached hydrogens (tertiary/aromatic N) is 2. The van der Waals surface area contributed by atoms with Crippen LogP contribution in [0.15, 0.2) is 18.2 Å². The van der Waals surface area contributed by atoms with E-state index in [1.54, 1.807) is 24.0 Å². The Bertz CT molecular complexity index is 598. The smallest absolute Gasteiger partial charge is 0.293 e. The van der Waals surface area contributed by atoms with E-state index in [0.29, 0.717) is 25.2 Å². The first-order valence-electron chi connectivity index (χ1n) is 7.26. The Labute approximate surface area is 129 Å². The number of hydrogen-bond donors (Lipinski definition) is 2. The van der Waals surface area contributed by atoms with Gasteiger partial charge in [0.1, 0.15) is 5.69 Å². The fraction of sp³-hybridized carbons (Fsp3) is 0.533. The first-order chi connectivity index (χ1) is 10.2. The maximum atomic E-state index is 12.0. The molecule has 0 spiro atoms. The molecule has 0 radical (unpaired) electrons. The summed E-state index contributed by atoms with van der Waals surface area (Å²) in [4.78, 5) is 24.6. The molecule has 0 aromatic heterocycles. The van der Waals surface area contributed by atoms with Gasteiger partial charge in [0, 0.05) is 30.8 Å². The summed E-state index contributed by atoms with van der Waals surface area (Å²) in [6.45, 7) is 6.25. The molecular formula is C15H21N3O4. The zero-order chi connectivity index (χ0) is 16.5. The number of aliphatic hydroxyl groups is 1. The number of rotatable bonds is 4. The van der Waals surface area contributed by atoms with E-state index in [2.05, 4.69) is 5.32 Å². The lowest BCUT2D eigenvalue weighted by molar-refractivity contribution is -0.384. The van der Waals surface area contributed by atoms with E-state index in [-0.39, 0.29) is 23.2 Å². The Kier molecular flexibility index (Phi) is 4.37. The minimum absolute atomic E-state index is 0.0417. The second kappa shape index (κ2) is 5.92. The zero-order valence-electron chi connectivity index (χ0n) is 13.0. The van der Waals surface area contributed by atoms with Crippen molar-refractivity contribution in [3.8, 4) is 0 Å². The summed E-state index contributed by atoms with van der Waals surface area (Å²) in [5.74, 6) is -0.335. The third kappa shape index (κ3) is 3.54. The molecule has 1 aromatic rings. The molecular weight excluding hydrogens is 286 g/mol. The summed E-state index contributed by atoms with van der Waals surface area (Å²) in [5.41, 5.74) is -0.269. The van der Waals surface area contributed by atoms with Crippen molar-refractivity contribution in [1.82, 2.24) is 5.32 Å². The Morgan fingerprint density at radius 3 is 2.68 bits per heavy atom. The zero-order valence-corrected chi connectivity index (χ0v) is 13.0. The normalized spacial score (nSPS) is 21.2. The van der Waals surface area contributed by atoms with Gasteiger partial charge < -0.3 is 15.3 Å². The van der Waals surface area contributed by atoms with Crippen molar-refractivity contribution in [1.29, 1.82) is 0 Å². The van der Waals surface area contributed by atoms with Crippen molar-refractivity contribution in [3.05, 3.63) is 33.9 Å². The van der Waals surface area contributed by atoms with Gasteiger partial charge >= 0.3 is 0 Å². The molecule has 2 N–H and O–H groups in total. The molecule has 1 aliphatic rings. The monoisotopic (exact) mass is 307 g/mol. The summed E-state index contributed by atoms with van der Waals surface area (Å²) in [5, 5.41) is 24.1. The number of β-amino-alcohol motifs (C(OH)–C–C–N with tert-alkyl or cyclic N) is 1. The highest BCUT2D eigenvalue weighted by atomic mass is 16.6. The van der Waals surface area contributed by atoms with Crippen LogP contribution >= 0.6 is 0 Å². The van der Waals surface area contributed by atoms with E-state index >= 15 is 0 Å². The lowest BCUT2D eigenvalue weighted by Gasteiger charge is -2.21. The summed E-state index contributed by atoms with van der Waals surface area (Å²) >= 11 is 0. The van der Waals surface area contributed by atoms with Crippen LogP contribution in [0.4, 0.5) is 11.4 Å². The minimum atomic E-state index is -0.846. The number of benzene rings is 1. The first-order valence-corrected chi connectivity index (χ1v) is 7.26. The lowest BCUT2D eigenvalue weighted by Crippen LogP contribution is -2.31. The quantitative estimate of drug-likeness (QED) is 0.652. The summed E-state index contributed by atoms with van der Waals surface area (Å²) in [7, 11) is 0. The average Bonchev–Trinajstić information content (AvgIpc) is 2.77. The molecule has 1 heterocycles. The van der Waals surface area contributed by atoms with Crippen LogP contribution in [0.1, 0.15) is 37.6 Å². The molecule has 1 amide bonds. The van der Waals surface area contributed by atoms with Gasteiger partial charge in [-0.2, -0.15) is 0 Å². The van der Waals surface area contributed by atoms with E-state index in [9.17, 15) is 20.0 Å². The van der Waals surface area contributed by atoms with Gasteiger partial charge in [0.05, 0.1) is 10.5 Å². The third-order valence-electron chi connectivity index (χ3n) is 3.65. The number of anilines is 1. The lowest BCUT2D eigenvalue weighted by atomic mass is 10.1. The van der Waals surface area contributed by atoms with E-state index in [4.69, 9.17) is 0 Å². The Hall–Kier alpha value is -2.15. The van der Waals surface area contributed by atoms with Gasteiger partial charge in [0.25, 0.3) is 11.6 Å². The van der Waals surface area contributed by atoms with Crippen LogP contribution in [-0.2, 0) is 0 Å². The van der Waals surface area contributed by atoms with Gasteiger partial charge in [0.2, 0.25) is 0 Å². The molecule has 0 aliphatic carbocycles. The third-order valence-corrected chi connectivity index (χ3v) is 3.65. The molecule has 1 aliphatic heterocycles. The molecule has 1 aromatic carbocycles. The van der Waals surface area contributed by atoms with Crippen LogP contribution in [0.2, 0.25) is 0 Å². The number of amides is 1. The van der Waals surface area contributed by atoms with Crippen molar-refractivity contribution in [2.45, 2.75) is 38.8 Å². The van der Waals surface area contributed by atoms with E-state index < -0.39 is 10.5 Å². The topological polar surface area (TPSA) is 95.7 Å². The predicted octanol–water partition coefficient (Wildman–Crippen LogP) is 1.69. The van der Waals surface area contributed by atoms with Crippen LogP contribution in [0, 0.1) is 10.1 Å². The van der Waals surface area contributed by atoms with Crippen LogP contribution in [0.5, 0.6) is 0 Å². The van der Waals surface area contributed by atoms with E-state index in [0.717, 1.165) is 0 Å². The van der Waals surface area contributed by atoms with Gasteiger partial charge in [-0.1, -0.05) is 0 Å². The number of carbonyl (C=O) groups excluding carboxylic acids is 1. The van der Waals surface area contributed by atoms with Gasteiger partial charge in [-0.05, 0) is 39.3 Å². The number of nitro groups is 1. The molecule has 2 rings (SSSR count). The number of hydrogen-bond acceptors (Lipinski definition) is 5. The second-order valence-corrected chi connectivity index (χ2v) is 6.26. The molecule has 1 fully saturated rings. The molecule has 1 atom stereocenters. The molecule has 1 saturated heterocycles. The largest absolute Gasteiger partial charge is 0.388 e. The highest BCUT2D eigenvalue weighted by Crippen LogP contribution is 2.34. The molecule has 7 nitrogen and oxygen atoms in total. The summed E-state index contributed by atoms with van der Waals surface area (Å²) in [6.07, 6.45) is 0.555. The van der Waals surface area contributed by atoms with Crippen LogP contribution < -0.4 is 10.2 Å². The summed E-state index contributed by atoms with van der Waals surface area (Å²) in [6, 6.07) is 4.40. The number of carbonyl (C=O) groups is 1. The predicted molar refractivity (Wildman–Crippen MR) is 83.2 cm³/mol. The first kappa shape index (κ1) is 16.2. The minimum Gasteiger partial charge on any atom is -0.388 e. The fourth-order valence-electron chi connectivity index (χ4n) is 2.57. The van der Waals surface area contributed by atoms with Crippen molar-refractivity contribution in [2.75, 3.05) is 18.0 Å². The van der Waals surface area contributed by atoms with E-state index in [1.807, 2.05) is 13.8 Å². The molecule has 7 heteroatoms. The van der Waals surface area contributed by atoms with Gasteiger partial charge in [-0.15, -0.1) is 0 Å². The van der Waals surface area contributed by atoms with Crippen LogP contribution in [-0.4, -0.2) is 40.7 Å². The molecule has 0 bridgehead atoms. The standard InChI is InChI=1S/C15H21N3O4/c1-10(2)16-14(19)11-4-5-12(13(8-11)18(21)22)17-7-6-15(3,20)9-17/h4-5,8,10,20H,6-7,9H2,1-3H3,(H,16,19). The Balaban J connectivity index is 2.32. The SMILES string of the molecule is CC(C)NC(=O)c1ccc(N2CCC(C)(O)C2)c([N+](=O)[O-])c1. The maximum Gasteiger partial charge on any atom is 0.293 e. The average molecular weight is 307 g/mol. The second-order valence-electron chi connectivity index (χ2n) is 6.26. The van der Waals surface area contributed by atoms with Gasteiger partial charge in [-0.25, -0.2) is 0 Å². The van der Waals surface area contributed by atoms with Crippen molar-refractivity contribution >= 4 is 17.3 Å². The van der Waals surface area contributed by atoms with Crippen molar-refractivity contribution in [3.63, 3.8) is 0 Å². The molecule has 0 saturated carbocycles. The maximum absolute atomic E-state index is 12.0. The van der Waals surface area contributed by atoms with Crippen LogP contribution in [0.3, 0.4) is 0 Å². The fourth-order valence-corrected chi connectivity index (χ4v) is 2.57. The molecule has 22 heavy (non-hydrogen) atoms. The molecule has 1 unspecified atom stereocenters. The van der Waals surface area contributed by atoms with Crippen LogP contribution in [0.25, 0.3) is 0 Å². The van der Waals surface area contributed by atoms with Gasteiger partial charge in [0.15, 0.2) is 0 Å². The summed E-state index contributed by atoms with van der Waals surface area (Å²) < 4.78 is 0. The number of nitrogens with one attached hydrogen (secondary N) is 1. The molecule has 120 valence electrons. The van der Waals surface area contributed by atoms with Gasteiger partial charge in [-0.3, -0.25) is 14.9 Å². The highest BCUT2D eigenvalue weighted by molar-refractivity contribution is 5.96. The Morgan fingerprint density at radius 2 is 2.18 bits per heavy atom. The van der Waals surface area contributed by atoms with Crippen molar-refractivity contribution in [2.24, 2.45) is 0 Å². The van der Waals surface area contributed by atoms with Crippen molar-refractivity contribution < 1.29 is 14.8 Å². The number of nitro benzene ring substituents is 1. The van der Waals surface area contributed by atoms with E-state index in [1.165, 1.54) is 6.07 Å².